The van der Waals surface area contributed by atoms with Crippen LogP contribution in [0.15, 0.2) is 72.8 Å². The first-order chi connectivity index (χ1) is 15.0. The fourth-order valence-corrected chi connectivity index (χ4v) is 4.16. The zero-order valence-electron chi connectivity index (χ0n) is 18.0. The van der Waals surface area contributed by atoms with E-state index in [2.05, 4.69) is 63.6 Å². The van der Waals surface area contributed by atoms with Gasteiger partial charge in [-0.25, -0.2) is 4.39 Å². The monoisotopic (exact) mass is 417 g/mol. The molecule has 1 unspecified atom stereocenters. The van der Waals surface area contributed by atoms with Crippen LogP contribution in [-0.4, -0.2) is 38.0 Å². The van der Waals surface area contributed by atoms with Gasteiger partial charge in [-0.15, -0.1) is 0 Å². The highest BCUT2D eigenvalue weighted by molar-refractivity contribution is 5.94. The fraction of sp³-hybridized carbons (Fsp3) is 0.269. The summed E-state index contributed by atoms with van der Waals surface area (Å²) in [5, 5.41) is 3.03. The summed E-state index contributed by atoms with van der Waals surface area (Å²) in [5.74, 6) is -0.664. The van der Waals surface area contributed by atoms with Gasteiger partial charge in [0.25, 0.3) is 5.91 Å². The number of halogens is 1. The van der Waals surface area contributed by atoms with Crippen molar-refractivity contribution in [1.29, 1.82) is 0 Å². The first-order valence-corrected chi connectivity index (χ1v) is 10.6. The van der Waals surface area contributed by atoms with Crippen molar-refractivity contribution in [1.82, 2.24) is 10.2 Å². The number of benzene rings is 3. The van der Waals surface area contributed by atoms with Crippen LogP contribution in [-0.2, 0) is 13.0 Å². The summed E-state index contributed by atoms with van der Waals surface area (Å²) < 4.78 is 13.5. The Morgan fingerprint density at radius 3 is 2.48 bits per heavy atom. The van der Waals surface area contributed by atoms with Crippen molar-refractivity contribution in [2.75, 3.05) is 32.1 Å². The molecule has 31 heavy (non-hydrogen) atoms. The second-order valence-electron chi connectivity index (χ2n) is 8.21. The lowest BCUT2D eigenvalue weighted by Gasteiger charge is -2.36. The maximum absolute atomic E-state index is 13.5. The summed E-state index contributed by atoms with van der Waals surface area (Å²) in [6, 6.07) is 22.9. The van der Waals surface area contributed by atoms with Crippen molar-refractivity contribution >= 4 is 11.6 Å². The van der Waals surface area contributed by atoms with Crippen molar-refractivity contribution in [2.45, 2.75) is 19.0 Å². The number of fused-ring (bicyclic) bond motifs is 1. The summed E-state index contributed by atoms with van der Waals surface area (Å²) in [6.45, 7) is 2.22. The smallest absolute Gasteiger partial charge is 0.251 e. The van der Waals surface area contributed by atoms with E-state index in [0.29, 0.717) is 12.1 Å². The van der Waals surface area contributed by atoms with Crippen LogP contribution in [0.25, 0.3) is 0 Å². The van der Waals surface area contributed by atoms with Gasteiger partial charge < -0.3 is 10.2 Å². The summed E-state index contributed by atoms with van der Waals surface area (Å²) >= 11 is 0. The predicted octanol–water partition coefficient (Wildman–Crippen LogP) is 4.42. The summed E-state index contributed by atoms with van der Waals surface area (Å²) in [6.07, 6.45) is 0.986. The van der Waals surface area contributed by atoms with E-state index in [0.717, 1.165) is 30.8 Å². The van der Waals surface area contributed by atoms with E-state index in [4.69, 9.17) is 0 Å². The third kappa shape index (κ3) is 4.94. The van der Waals surface area contributed by atoms with Gasteiger partial charge >= 0.3 is 0 Å². The minimum absolute atomic E-state index is 0.0297. The molecule has 1 atom stereocenters. The molecule has 4 rings (SSSR count). The van der Waals surface area contributed by atoms with E-state index < -0.39 is 5.82 Å². The minimum atomic E-state index is -0.406. The molecule has 0 spiro atoms. The Labute approximate surface area is 183 Å². The van der Waals surface area contributed by atoms with Crippen LogP contribution < -0.4 is 10.2 Å². The van der Waals surface area contributed by atoms with Crippen LogP contribution in [0.3, 0.4) is 0 Å². The summed E-state index contributed by atoms with van der Waals surface area (Å²) in [7, 11) is 4.04. The highest BCUT2D eigenvalue weighted by atomic mass is 19.1. The zero-order chi connectivity index (χ0) is 21.8. The first-order valence-electron chi connectivity index (χ1n) is 10.6. The van der Waals surface area contributed by atoms with Gasteiger partial charge in [0.05, 0.1) is 6.04 Å². The molecule has 0 aromatic heterocycles. The highest BCUT2D eigenvalue weighted by Gasteiger charge is 2.25. The van der Waals surface area contributed by atoms with Crippen molar-refractivity contribution in [3.63, 3.8) is 0 Å². The second-order valence-corrected chi connectivity index (χ2v) is 8.21. The van der Waals surface area contributed by atoms with Crippen LogP contribution in [0.1, 0.15) is 33.1 Å². The average Bonchev–Trinajstić information content (AvgIpc) is 2.79. The number of nitrogens with one attached hydrogen (secondary N) is 1. The van der Waals surface area contributed by atoms with E-state index >= 15 is 0 Å². The lowest BCUT2D eigenvalue weighted by molar-refractivity contribution is 0.0927. The number of carbonyl (C=O) groups is 1. The molecule has 0 saturated heterocycles. The molecule has 3 aromatic rings. The molecular formula is C26H28FN3O. The van der Waals surface area contributed by atoms with Gasteiger partial charge in [0.1, 0.15) is 5.82 Å². The highest BCUT2D eigenvalue weighted by Crippen LogP contribution is 2.28. The molecule has 1 amide bonds. The molecule has 0 radical (unpaired) electrons. The molecule has 0 saturated carbocycles. The maximum Gasteiger partial charge on any atom is 0.251 e. The number of rotatable bonds is 6. The lowest BCUT2D eigenvalue weighted by Crippen LogP contribution is -2.40. The van der Waals surface area contributed by atoms with Crippen molar-refractivity contribution in [3.8, 4) is 0 Å². The molecule has 4 nitrogen and oxygen atoms in total. The molecule has 5 heteroatoms. The lowest BCUT2D eigenvalue weighted by atomic mass is 9.96. The Hall–Kier alpha value is -3.18. The number of nitrogens with zero attached hydrogens (tertiary/aromatic N) is 2. The maximum atomic E-state index is 13.5. The fourth-order valence-electron chi connectivity index (χ4n) is 4.16. The van der Waals surface area contributed by atoms with Gasteiger partial charge in [-0.1, -0.05) is 42.5 Å². The third-order valence-electron chi connectivity index (χ3n) is 5.94. The Morgan fingerprint density at radius 2 is 1.77 bits per heavy atom. The minimum Gasteiger partial charge on any atom is -0.378 e. The molecule has 0 bridgehead atoms. The van der Waals surface area contributed by atoms with E-state index in [1.807, 2.05) is 14.1 Å². The van der Waals surface area contributed by atoms with Gasteiger partial charge in [-0.05, 0) is 53.4 Å². The Kier molecular flexibility index (Phi) is 6.33. The van der Waals surface area contributed by atoms with Gasteiger partial charge in [0.15, 0.2) is 0 Å². The quantitative estimate of drug-likeness (QED) is 0.645. The third-order valence-corrected chi connectivity index (χ3v) is 5.94. The van der Waals surface area contributed by atoms with Crippen LogP contribution in [0.5, 0.6) is 0 Å². The molecule has 0 aliphatic carbocycles. The Bertz CT molecular complexity index is 1050. The standard InChI is InChI=1S/C26H28FN3O/c1-29(2)24-12-10-20(11-13-24)25(17-28-26(31)21-8-5-9-23(27)16-21)30-15-14-19-6-3-4-7-22(19)18-30/h3-13,16,25H,14-15,17-18H2,1-2H3,(H,28,31). The SMILES string of the molecule is CN(C)c1ccc(C(CNC(=O)c2cccc(F)c2)N2CCc3ccccc3C2)cc1. The average molecular weight is 418 g/mol. The van der Waals surface area contributed by atoms with Gasteiger partial charge in [0, 0.05) is 45.0 Å². The van der Waals surface area contributed by atoms with E-state index in [9.17, 15) is 9.18 Å². The topological polar surface area (TPSA) is 35.6 Å². The largest absolute Gasteiger partial charge is 0.378 e. The zero-order valence-corrected chi connectivity index (χ0v) is 18.0. The van der Waals surface area contributed by atoms with Crippen molar-refractivity contribution in [3.05, 3.63) is 101 Å². The van der Waals surface area contributed by atoms with Crippen molar-refractivity contribution < 1.29 is 9.18 Å². The predicted molar refractivity (Wildman–Crippen MR) is 123 cm³/mol. The molecule has 1 aliphatic heterocycles. The number of anilines is 1. The number of amides is 1. The second kappa shape index (κ2) is 9.31. The van der Waals surface area contributed by atoms with E-state index in [1.54, 1.807) is 12.1 Å². The summed E-state index contributed by atoms with van der Waals surface area (Å²) in [5.41, 5.74) is 5.36. The van der Waals surface area contributed by atoms with E-state index in [-0.39, 0.29) is 11.9 Å². The van der Waals surface area contributed by atoms with Gasteiger partial charge in [-0.3, -0.25) is 9.69 Å². The molecule has 1 aliphatic rings. The van der Waals surface area contributed by atoms with Crippen LogP contribution in [0, 0.1) is 5.82 Å². The van der Waals surface area contributed by atoms with Gasteiger partial charge in [0.2, 0.25) is 0 Å². The first kappa shape index (κ1) is 21.1. The van der Waals surface area contributed by atoms with Gasteiger partial charge in [-0.2, -0.15) is 0 Å². The molecule has 1 heterocycles. The molecule has 3 aromatic carbocycles. The van der Waals surface area contributed by atoms with Crippen LogP contribution >= 0.6 is 0 Å². The molecule has 160 valence electrons. The number of hydrogen-bond acceptors (Lipinski definition) is 3. The van der Waals surface area contributed by atoms with Crippen LogP contribution in [0.2, 0.25) is 0 Å². The number of hydrogen-bond donors (Lipinski definition) is 1. The Balaban J connectivity index is 1.56. The number of carbonyl (C=O) groups excluding carboxylic acids is 1. The molecule has 0 fully saturated rings. The van der Waals surface area contributed by atoms with Crippen molar-refractivity contribution in [2.24, 2.45) is 0 Å². The molecule has 1 N–H and O–H groups in total. The van der Waals surface area contributed by atoms with Crippen LogP contribution in [0.4, 0.5) is 10.1 Å². The van der Waals surface area contributed by atoms with E-state index in [1.165, 1.54) is 23.3 Å². The Morgan fingerprint density at radius 1 is 1.03 bits per heavy atom. The molecular weight excluding hydrogens is 389 g/mol. The summed E-state index contributed by atoms with van der Waals surface area (Å²) in [4.78, 5) is 17.1. The normalized spacial score (nSPS) is 14.5.